The minimum Gasteiger partial charge on any atom is -0.305 e. The molecule has 0 saturated carbocycles. The minimum absolute atomic E-state index is 0.318. The second-order valence-electron chi connectivity index (χ2n) is 5.52. The van der Waals surface area contributed by atoms with Crippen molar-refractivity contribution >= 4 is 0 Å². The molecule has 1 aromatic heterocycles. The van der Waals surface area contributed by atoms with Gasteiger partial charge in [-0.1, -0.05) is 25.0 Å². The van der Waals surface area contributed by atoms with Gasteiger partial charge in [-0.05, 0) is 63.3 Å². The molecule has 0 amide bonds. The molecule has 19 heavy (non-hydrogen) atoms. The first-order valence-electron chi connectivity index (χ1n) is 7.66. The number of allylic oxidation sites excluding steroid dienone is 1. The van der Waals surface area contributed by atoms with E-state index in [1.807, 2.05) is 6.20 Å². The first-order chi connectivity index (χ1) is 9.31. The van der Waals surface area contributed by atoms with E-state index in [0.29, 0.717) is 6.04 Å². The smallest absolute Gasteiger partial charge is 0.0710 e. The summed E-state index contributed by atoms with van der Waals surface area (Å²) >= 11 is 0. The monoisotopic (exact) mass is 258 g/mol. The van der Waals surface area contributed by atoms with Gasteiger partial charge in [-0.25, -0.2) is 0 Å². The molecular formula is C17H26N2. The quantitative estimate of drug-likeness (QED) is 0.796. The van der Waals surface area contributed by atoms with Gasteiger partial charge in [0.1, 0.15) is 0 Å². The van der Waals surface area contributed by atoms with Crippen LogP contribution in [0.2, 0.25) is 0 Å². The molecule has 1 unspecified atom stereocenters. The predicted molar refractivity (Wildman–Crippen MR) is 81.2 cm³/mol. The van der Waals surface area contributed by atoms with Gasteiger partial charge in [0.05, 0.1) is 11.7 Å². The average molecular weight is 258 g/mol. The number of nitrogens with one attached hydrogen (secondary N) is 1. The molecule has 1 aromatic rings. The fraction of sp³-hybridized carbons (Fsp3) is 0.588. The fourth-order valence-electron chi connectivity index (χ4n) is 2.73. The van der Waals surface area contributed by atoms with Gasteiger partial charge in [0.25, 0.3) is 0 Å². The molecule has 0 fully saturated rings. The van der Waals surface area contributed by atoms with Gasteiger partial charge in [-0.3, -0.25) is 4.98 Å². The molecule has 0 aliphatic heterocycles. The van der Waals surface area contributed by atoms with Gasteiger partial charge in [-0.15, -0.1) is 0 Å². The third-order valence-corrected chi connectivity index (χ3v) is 3.78. The van der Waals surface area contributed by atoms with Crippen molar-refractivity contribution in [2.24, 2.45) is 0 Å². The Bertz CT molecular complexity index is 423. The van der Waals surface area contributed by atoms with Gasteiger partial charge >= 0.3 is 0 Å². The lowest BCUT2D eigenvalue weighted by molar-refractivity contribution is 0.556. The van der Waals surface area contributed by atoms with Crippen molar-refractivity contribution in [1.29, 1.82) is 0 Å². The molecule has 0 radical (unpaired) electrons. The van der Waals surface area contributed by atoms with Crippen LogP contribution in [0.4, 0.5) is 0 Å². The van der Waals surface area contributed by atoms with E-state index in [9.17, 15) is 0 Å². The van der Waals surface area contributed by atoms with Crippen LogP contribution < -0.4 is 5.32 Å². The highest BCUT2D eigenvalue weighted by Crippen LogP contribution is 2.28. The lowest BCUT2D eigenvalue weighted by atomic mass is 9.97. The first kappa shape index (κ1) is 14.3. The Hall–Kier alpha value is -1.15. The summed E-state index contributed by atoms with van der Waals surface area (Å²) in [6, 6.07) is 4.61. The van der Waals surface area contributed by atoms with Gasteiger partial charge in [0, 0.05) is 6.20 Å². The molecule has 2 heteroatoms. The SMILES string of the molecule is CCCNC(C1=CCCCCC1)c1cc(C)ccn1. The van der Waals surface area contributed by atoms with Crippen molar-refractivity contribution in [3.63, 3.8) is 0 Å². The van der Waals surface area contributed by atoms with Crippen LogP contribution in [0.15, 0.2) is 30.0 Å². The van der Waals surface area contributed by atoms with E-state index in [2.05, 4.69) is 42.4 Å². The lowest BCUT2D eigenvalue weighted by Gasteiger charge is -2.21. The standard InChI is InChI=1S/C17H26N2/c1-3-11-19-17(15-8-6-4-5-7-9-15)16-13-14(2)10-12-18-16/h8,10,12-13,17,19H,3-7,9,11H2,1-2H3. The Morgan fingerprint density at radius 3 is 3.00 bits per heavy atom. The number of hydrogen-bond acceptors (Lipinski definition) is 2. The molecule has 104 valence electrons. The van der Waals surface area contributed by atoms with Gasteiger partial charge < -0.3 is 5.32 Å². The number of hydrogen-bond donors (Lipinski definition) is 1. The molecule has 2 rings (SSSR count). The van der Waals surface area contributed by atoms with E-state index in [0.717, 1.165) is 13.0 Å². The van der Waals surface area contributed by atoms with Crippen LogP contribution in [0.3, 0.4) is 0 Å². The number of rotatable bonds is 5. The van der Waals surface area contributed by atoms with Crippen molar-refractivity contribution in [2.45, 2.75) is 58.4 Å². The Balaban J connectivity index is 2.21. The Labute approximate surface area is 117 Å². The summed E-state index contributed by atoms with van der Waals surface area (Å²) in [5.41, 5.74) is 4.02. The van der Waals surface area contributed by atoms with Crippen molar-refractivity contribution in [2.75, 3.05) is 6.54 Å². The summed E-state index contributed by atoms with van der Waals surface area (Å²) in [5.74, 6) is 0. The highest BCUT2D eigenvalue weighted by molar-refractivity contribution is 5.26. The maximum Gasteiger partial charge on any atom is 0.0710 e. The highest BCUT2D eigenvalue weighted by atomic mass is 14.9. The third-order valence-electron chi connectivity index (χ3n) is 3.78. The maximum absolute atomic E-state index is 4.60. The number of nitrogens with zero attached hydrogens (tertiary/aromatic N) is 1. The van der Waals surface area contributed by atoms with Crippen LogP contribution in [-0.2, 0) is 0 Å². The zero-order chi connectivity index (χ0) is 13.5. The van der Waals surface area contributed by atoms with Crippen LogP contribution >= 0.6 is 0 Å². The van der Waals surface area contributed by atoms with Crippen LogP contribution in [0.5, 0.6) is 0 Å². The molecule has 0 aromatic carbocycles. The fourth-order valence-corrected chi connectivity index (χ4v) is 2.73. The second-order valence-corrected chi connectivity index (χ2v) is 5.52. The van der Waals surface area contributed by atoms with Crippen LogP contribution in [0, 0.1) is 6.92 Å². The summed E-state index contributed by atoms with van der Waals surface area (Å²) in [7, 11) is 0. The van der Waals surface area contributed by atoms with Crippen LogP contribution in [0.1, 0.15) is 62.7 Å². The largest absolute Gasteiger partial charge is 0.305 e. The van der Waals surface area contributed by atoms with Gasteiger partial charge in [-0.2, -0.15) is 0 Å². The molecule has 1 aliphatic rings. The van der Waals surface area contributed by atoms with E-state index in [-0.39, 0.29) is 0 Å². The number of aryl methyl sites for hydroxylation is 1. The molecule has 1 atom stereocenters. The number of pyridine rings is 1. The minimum atomic E-state index is 0.318. The van der Waals surface area contributed by atoms with Crippen LogP contribution in [-0.4, -0.2) is 11.5 Å². The highest BCUT2D eigenvalue weighted by Gasteiger charge is 2.18. The summed E-state index contributed by atoms with van der Waals surface area (Å²) < 4.78 is 0. The zero-order valence-electron chi connectivity index (χ0n) is 12.3. The Morgan fingerprint density at radius 1 is 1.32 bits per heavy atom. The molecular weight excluding hydrogens is 232 g/mol. The molecule has 1 aliphatic carbocycles. The normalized spacial score (nSPS) is 17.7. The average Bonchev–Trinajstić information content (AvgIpc) is 2.68. The van der Waals surface area contributed by atoms with Gasteiger partial charge in [0.15, 0.2) is 0 Å². The van der Waals surface area contributed by atoms with E-state index in [1.165, 1.54) is 43.4 Å². The predicted octanol–water partition coefficient (Wildman–Crippen LogP) is 4.32. The summed E-state index contributed by atoms with van der Waals surface area (Å²) in [6.45, 7) is 5.41. The Kier molecular flexibility index (Phi) is 5.59. The summed E-state index contributed by atoms with van der Waals surface area (Å²) in [4.78, 5) is 4.60. The zero-order valence-corrected chi connectivity index (χ0v) is 12.3. The molecule has 0 bridgehead atoms. The van der Waals surface area contributed by atoms with Crippen molar-refractivity contribution < 1.29 is 0 Å². The van der Waals surface area contributed by atoms with Crippen LogP contribution in [0.25, 0.3) is 0 Å². The molecule has 0 saturated heterocycles. The molecule has 2 nitrogen and oxygen atoms in total. The first-order valence-corrected chi connectivity index (χ1v) is 7.66. The van der Waals surface area contributed by atoms with Crippen molar-refractivity contribution in [3.05, 3.63) is 41.2 Å². The van der Waals surface area contributed by atoms with Crippen molar-refractivity contribution in [3.8, 4) is 0 Å². The van der Waals surface area contributed by atoms with Crippen molar-refractivity contribution in [1.82, 2.24) is 10.3 Å². The maximum atomic E-state index is 4.60. The summed E-state index contributed by atoms with van der Waals surface area (Å²) in [5, 5.41) is 3.68. The molecule has 1 N–H and O–H groups in total. The summed E-state index contributed by atoms with van der Waals surface area (Å²) in [6.07, 6.45) is 12.0. The second kappa shape index (κ2) is 7.44. The van der Waals surface area contributed by atoms with E-state index in [4.69, 9.17) is 0 Å². The number of aromatic nitrogens is 1. The molecule has 1 heterocycles. The topological polar surface area (TPSA) is 24.9 Å². The third kappa shape index (κ3) is 4.17. The van der Waals surface area contributed by atoms with E-state index < -0.39 is 0 Å². The van der Waals surface area contributed by atoms with E-state index >= 15 is 0 Å². The molecule has 0 spiro atoms. The van der Waals surface area contributed by atoms with Gasteiger partial charge in [0.2, 0.25) is 0 Å². The van der Waals surface area contributed by atoms with E-state index in [1.54, 1.807) is 5.57 Å². The Morgan fingerprint density at radius 2 is 2.21 bits per heavy atom. The lowest BCUT2D eigenvalue weighted by Crippen LogP contribution is -2.25.